The minimum atomic E-state index is -0.988. The molecular formula is C42H68O7. The summed E-state index contributed by atoms with van der Waals surface area (Å²) < 4.78 is 12.3. The van der Waals surface area contributed by atoms with Gasteiger partial charge in [0.15, 0.2) is 0 Å². The molecule has 49 heavy (non-hydrogen) atoms. The quantitative estimate of drug-likeness (QED) is 0.0850. The summed E-state index contributed by atoms with van der Waals surface area (Å²) in [6.07, 6.45) is 11.2. The molecule has 9 atom stereocenters. The molecule has 3 N–H and O–H groups in total. The molecule has 1 fully saturated rings. The highest BCUT2D eigenvalue weighted by molar-refractivity contribution is 5.70. The van der Waals surface area contributed by atoms with E-state index in [4.69, 9.17) is 14.6 Å². The van der Waals surface area contributed by atoms with Crippen molar-refractivity contribution in [2.24, 2.45) is 39.9 Å². The number of fused-ring (bicyclic) bond motifs is 4. The Morgan fingerprint density at radius 2 is 1.57 bits per heavy atom. The minimum Gasteiger partial charge on any atom is -0.459 e. The molecule has 7 heteroatoms. The molecule has 0 spiro atoms. The zero-order valence-electron chi connectivity index (χ0n) is 32.0. The average molecular weight is 685 g/mol. The number of hydrogen-bond acceptors (Lipinski definition) is 7. The fourth-order valence-electron chi connectivity index (χ4n) is 10.7. The molecule has 0 heterocycles. The van der Waals surface area contributed by atoms with Crippen LogP contribution in [0.5, 0.6) is 0 Å². The van der Waals surface area contributed by atoms with Gasteiger partial charge in [0.25, 0.3) is 0 Å². The number of aliphatic hydroxyl groups is 3. The van der Waals surface area contributed by atoms with Crippen LogP contribution >= 0.6 is 0 Å². The van der Waals surface area contributed by atoms with Gasteiger partial charge in [-0.1, -0.05) is 98.8 Å². The van der Waals surface area contributed by atoms with Gasteiger partial charge in [0.2, 0.25) is 0 Å². The Kier molecular flexibility index (Phi) is 13.1. The second kappa shape index (κ2) is 16.2. The number of esters is 2. The minimum absolute atomic E-state index is 0.0506. The van der Waals surface area contributed by atoms with Crippen LogP contribution < -0.4 is 0 Å². The third-order valence-corrected chi connectivity index (χ3v) is 13.4. The highest BCUT2D eigenvalue weighted by atomic mass is 16.6. The lowest BCUT2D eigenvalue weighted by atomic mass is 9.45. The zero-order chi connectivity index (χ0) is 36.3. The van der Waals surface area contributed by atoms with Crippen LogP contribution in [0.25, 0.3) is 0 Å². The van der Waals surface area contributed by atoms with Gasteiger partial charge in [-0.25, -0.2) is 0 Å². The van der Waals surface area contributed by atoms with Gasteiger partial charge in [0, 0.05) is 30.8 Å². The topological polar surface area (TPSA) is 113 Å². The van der Waals surface area contributed by atoms with E-state index >= 15 is 0 Å². The summed E-state index contributed by atoms with van der Waals surface area (Å²) in [5.41, 5.74) is 2.95. The number of carbonyl (C=O) groups is 2. The Morgan fingerprint density at radius 3 is 2.18 bits per heavy atom. The van der Waals surface area contributed by atoms with Crippen LogP contribution in [0.4, 0.5) is 0 Å². The van der Waals surface area contributed by atoms with E-state index in [1.165, 1.54) is 23.6 Å². The van der Waals surface area contributed by atoms with Crippen molar-refractivity contribution < 1.29 is 34.4 Å². The fraction of sp³-hybridized carbons (Fsp3) is 0.810. The number of hydrogen-bond donors (Lipinski definition) is 3. The zero-order valence-corrected chi connectivity index (χ0v) is 32.0. The maximum absolute atomic E-state index is 13.1. The summed E-state index contributed by atoms with van der Waals surface area (Å²) in [5.74, 6) is 0.398. The normalized spacial score (nSPS) is 34.1. The Bertz CT molecular complexity index is 1260. The Hall–Kier alpha value is -1.96. The Morgan fingerprint density at radius 1 is 0.939 bits per heavy atom. The van der Waals surface area contributed by atoms with E-state index in [9.17, 15) is 19.8 Å². The fourth-order valence-corrected chi connectivity index (χ4v) is 10.7. The molecule has 0 amide bonds. The molecule has 0 aromatic rings. The van der Waals surface area contributed by atoms with Gasteiger partial charge in [0.05, 0.1) is 6.10 Å². The van der Waals surface area contributed by atoms with Crippen molar-refractivity contribution in [1.29, 1.82) is 0 Å². The number of unbranched alkanes of at least 4 members (excludes halogenated alkanes) is 6. The van der Waals surface area contributed by atoms with E-state index in [-0.39, 0.29) is 24.4 Å². The van der Waals surface area contributed by atoms with Crippen LogP contribution in [-0.4, -0.2) is 58.3 Å². The lowest BCUT2D eigenvalue weighted by molar-refractivity contribution is -0.197. The summed E-state index contributed by atoms with van der Waals surface area (Å²) >= 11 is 0. The van der Waals surface area contributed by atoms with E-state index in [0.717, 1.165) is 82.6 Å². The molecule has 0 aromatic heterocycles. The van der Waals surface area contributed by atoms with E-state index < -0.39 is 46.6 Å². The van der Waals surface area contributed by atoms with Crippen LogP contribution in [0.1, 0.15) is 145 Å². The highest BCUT2D eigenvalue weighted by Gasteiger charge is 2.65. The van der Waals surface area contributed by atoms with Gasteiger partial charge in [-0.2, -0.15) is 0 Å². The smallest absolute Gasteiger partial charge is 0.306 e. The molecule has 7 nitrogen and oxygen atoms in total. The van der Waals surface area contributed by atoms with Crippen molar-refractivity contribution in [3.05, 3.63) is 34.9 Å². The third kappa shape index (κ3) is 7.94. The molecule has 1 saturated carbocycles. The average Bonchev–Trinajstić information content (AvgIpc) is 3.38. The third-order valence-electron chi connectivity index (χ3n) is 13.4. The summed E-state index contributed by atoms with van der Waals surface area (Å²) in [6, 6.07) is 0. The van der Waals surface area contributed by atoms with Gasteiger partial charge in [-0.05, 0) is 97.2 Å². The monoisotopic (exact) mass is 684 g/mol. The Balaban J connectivity index is 1.55. The molecule has 4 aliphatic rings. The van der Waals surface area contributed by atoms with Crippen LogP contribution in [0.2, 0.25) is 0 Å². The van der Waals surface area contributed by atoms with Gasteiger partial charge < -0.3 is 24.8 Å². The lowest BCUT2D eigenvalue weighted by Crippen LogP contribution is -2.63. The Labute approximate surface area is 297 Å². The summed E-state index contributed by atoms with van der Waals surface area (Å²) in [7, 11) is 0. The summed E-state index contributed by atoms with van der Waals surface area (Å²) in [4.78, 5) is 25.7. The van der Waals surface area contributed by atoms with Crippen LogP contribution in [0.15, 0.2) is 34.9 Å². The highest BCUT2D eigenvalue weighted by Crippen LogP contribution is 2.67. The van der Waals surface area contributed by atoms with Gasteiger partial charge >= 0.3 is 11.9 Å². The van der Waals surface area contributed by atoms with Crippen molar-refractivity contribution in [3.8, 4) is 0 Å². The van der Waals surface area contributed by atoms with E-state index in [1.807, 2.05) is 0 Å². The molecule has 0 aliphatic heterocycles. The van der Waals surface area contributed by atoms with E-state index in [0.29, 0.717) is 24.7 Å². The van der Waals surface area contributed by atoms with Gasteiger partial charge in [-0.15, -0.1) is 0 Å². The number of rotatable bonds is 16. The molecule has 4 aliphatic carbocycles. The first-order chi connectivity index (χ1) is 23.0. The van der Waals surface area contributed by atoms with Gasteiger partial charge in [0.1, 0.15) is 18.3 Å². The van der Waals surface area contributed by atoms with Crippen molar-refractivity contribution in [2.45, 2.75) is 170 Å². The van der Waals surface area contributed by atoms with Gasteiger partial charge in [-0.3, -0.25) is 9.59 Å². The molecule has 278 valence electrons. The van der Waals surface area contributed by atoms with Crippen molar-refractivity contribution in [2.75, 3.05) is 6.61 Å². The van der Waals surface area contributed by atoms with E-state index in [1.54, 1.807) is 0 Å². The maximum atomic E-state index is 13.1. The number of ether oxygens (including phenoxy) is 2. The van der Waals surface area contributed by atoms with Crippen LogP contribution in [-0.2, 0) is 19.1 Å². The first-order valence-electron chi connectivity index (χ1n) is 19.5. The number of carbonyl (C=O) groups excluding carboxylic acids is 2. The molecule has 4 rings (SSSR count). The largest absolute Gasteiger partial charge is 0.459 e. The predicted molar refractivity (Wildman–Crippen MR) is 194 cm³/mol. The molecular weight excluding hydrogens is 616 g/mol. The molecule has 0 unspecified atom stereocenters. The van der Waals surface area contributed by atoms with Crippen molar-refractivity contribution >= 4 is 11.9 Å². The SMILES string of the molecule is C=C(CC[C@@H](C)[C@H]1CC=C2C3=C([C@@H](O)[C@H](OC(C)=O)[C@@]21C)[C@@]1(C)C[C@@H](O)[C@H](OC(=O)CCCCCCCCCO)C(C)(C)[C@@H]1CC3)C(C)C. The first-order valence-corrected chi connectivity index (χ1v) is 19.5. The standard InChI is InChI=1S/C42H68O7/c1-26(2)27(3)18-19-28(4)31-21-22-32-30-20-23-34-40(6,7)38(49-35(46)17-15-13-11-10-12-14-16-24-43)33(45)25-41(34,8)36(30)37(47)39(42(31,32)9)48-29(5)44/h22,26,28,31,33-34,37-39,43,45,47H,3,10-21,23-25H2,1-2,4-9H3/t28-,31-,33-,34+,37-,38+,39+,41+,42-/m1/s1. The number of aliphatic hydroxyl groups excluding tert-OH is 3. The maximum Gasteiger partial charge on any atom is 0.306 e. The second-order valence-corrected chi connectivity index (χ2v) is 17.4. The molecule has 0 bridgehead atoms. The van der Waals surface area contributed by atoms with Crippen molar-refractivity contribution in [3.63, 3.8) is 0 Å². The second-order valence-electron chi connectivity index (χ2n) is 17.4. The molecule has 0 aromatic carbocycles. The molecule has 0 radical (unpaired) electrons. The van der Waals surface area contributed by atoms with E-state index in [2.05, 4.69) is 61.1 Å². The van der Waals surface area contributed by atoms with Crippen LogP contribution in [0, 0.1) is 39.9 Å². The number of allylic oxidation sites excluding steroid dienone is 3. The molecule has 0 saturated heterocycles. The van der Waals surface area contributed by atoms with Crippen LogP contribution in [0.3, 0.4) is 0 Å². The first kappa shape index (κ1) is 39.8. The summed E-state index contributed by atoms with van der Waals surface area (Å²) in [5, 5.41) is 33.1. The van der Waals surface area contributed by atoms with Crippen molar-refractivity contribution in [1.82, 2.24) is 0 Å². The summed E-state index contributed by atoms with van der Waals surface area (Å²) in [6.45, 7) is 21.2. The lowest BCUT2D eigenvalue weighted by Gasteiger charge is -2.62. The predicted octanol–water partition coefficient (Wildman–Crippen LogP) is 8.40.